The molecule has 47 heavy (non-hydrogen) atoms. The number of anilines is 1. The molecule has 4 amide bonds. The van der Waals surface area contributed by atoms with Gasteiger partial charge in [-0.1, -0.05) is 44.2 Å². The lowest BCUT2D eigenvalue weighted by Gasteiger charge is -2.38. The van der Waals surface area contributed by atoms with E-state index in [1.807, 2.05) is 24.3 Å². The van der Waals surface area contributed by atoms with Crippen molar-refractivity contribution in [3.05, 3.63) is 36.0 Å². The SMILES string of the molecule is CN(C(=O)N1CCOCC1)C(CC1CCCCC1)C(=O)N1CCCC1C(=O)NCc1ccc2c(N)nccc2c1.O=C(O)C(F)(F)F. The summed E-state index contributed by atoms with van der Waals surface area (Å²) in [6, 6.07) is 6.50. The monoisotopic (exact) mass is 664 g/mol. The third-order valence-corrected chi connectivity index (χ3v) is 9.02. The van der Waals surface area contributed by atoms with Crippen molar-refractivity contribution in [3.63, 3.8) is 0 Å². The van der Waals surface area contributed by atoms with Gasteiger partial charge in [0.25, 0.3) is 0 Å². The molecule has 12 nitrogen and oxygen atoms in total. The number of carbonyl (C=O) groups is 4. The number of carboxylic acids is 1. The number of carbonyl (C=O) groups excluding carboxylic acids is 3. The molecular formula is C32H43F3N6O6. The Morgan fingerprint density at radius 3 is 2.40 bits per heavy atom. The van der Waals surface area contributed by atoms with Gasteiger partial charge in [0.2, 0.25) is 11.8 Å². The van der Waals surface area contributed by atoms with Gasteiger partial charge in [-0.15, -0.1) is 0 Å². The van der Waals surface area contributed by atoms with Crippen LogP contribution in [-0.4, -0.2) is 107 Å². The van der Waals surface area contributed by atoms with Crippen molar-refractivity contribution in [2.24, 2.45) is 5.92 Å². The van der Waals surface area contributed by atoms with E-state index in [4.69, 9.17) is 20.4 Å². The number of benzene rings is 1. The van der Waals surface area contributed by atoms with Crippen LogP contribution in [0.5, 0.6) is 0 Å². The highest BCUT2D eigenvalue weighted by Gasteiger charge is 2.41. The zero-order valence-electron chi connectivity index (χ0n) is 26.5. The number of aliphatic carboxylic acids is 1. The van der Waals surface area contributed by atoms with E-state index in [0.717, 1.165) is 35.6 Å². The number of likely N-dealkylation sites (N-methyl/N-ethyl adjacent to an activating group) is 1. The van der Waals surface area contributed by atoms with Crippen molar-refractivity contribution in [2.45, 2.75) is 76.2 Å². The number of pyridine rings is 1. The number of alkyl halides is 3. The molecule has 0 bridgehead atoms. The van der Waals surface area contributed by atoms with Crippen molar-refractivity contribution >= 4 is 40.4 Å². The zero-order valence-corrected chi connectivity index (χ0v) is 26.5. The summed E-state index contributed by atoms with van der Waals surface area (Å²) in [5.41, 5.74) is 6.92. The molecule has 2 saturated heterocycles. The molecule has 4 N–H and O–H groups in total. The Labute approximate surface area is 271 Å². The quantitative estimate of drug-likeness (QED) is 0.404. The predicted octanol–water partition coefficient (Wildman–Crippen LogP) is 3.78. The van der Waals surface area contributed by atoms with E-state index in [1.165, 1.54) is 19.3 Å². The molecule has 1 aromatic carbocycles. The van der Waals surface area contributed by atoms with E-state index in [2.05, 4.69) is 10.3 Å². The van der Waals surface area contributed by atoms with Crippen LogP contribution >= 0.6 is 0 Å². The van der Waals surface area contributed by atoms with Crippen LogP contribution in [0.25, 0.3) is 10.8 Å². The number of likely N-dealkylation sites (tertiary alicyclic amines) is 1. The van der Waals surface area contributed by atoms with Crippen LogP contribution in [0.2, 0.25) is 0 Å². The highest BCUT2D eigenvalue weighted by atomic mass is 19.4. The van der Waals surface area contributed by atoms with Gasteiger partial charge in [0.1, 0.15) is 17.9 Å². The van der Waals surface area contributed by atoms with Crippen LogP contribution < -0.4 is 11.1 Å². The normalized spacial score (nSPS) is 19.4. The maximum absolute atomic E-state index is 14.1. The summed E-state index contributed by atoms with van der Waals surface area (Å²) in [6.45, 7) is 2.96. The summed E-state index contributed by atoms with van der Waals surface area (Å²) < 4.78 is 37.2. The highest BCUT2D eigenvalue weighted by molar-refractivity contribution is 5.93. The first-order chi connectivity index (χ1) is 22.4. The van der Waals surface area contributed by atoms with Gasteiger partial charge in [0.05, 0.1) is 13.2 Å². The minimum atomic E-state index is -5.08. The third kappa shape index (κ3) is 9.46. The van der Waals surface area contributed by atoms with Gasteiger partial charge in [-0.05, 0) is 48.3 Å². The van der Waals surface area contributed by atoms with E-state index < -0.39 is 24.2 Å². The number of aromatic nitrogens is 1. The second-order valence-corrected chi connectivity index (χ2v) is 12.2. The number of hydrogen-bond acceptors (Lipinski definition) is 7. The number of urea groups is 1. The number of nitrogens with zero attached hydrogens (tertiary/aromatic N) is 4. The second kappa shape index (κ2) is 16.1. The fraction of sp³-hybridized carbons (Fsp3) is 0.594. The Kier molecular flexibility index (Phi) is 12.2. The molecular weight excluding hydrogens is 621 g/mol. The molecule has 1 aliphatic carbocycles. The van der Waals surface area contributed by atoms with E-state index in [-0.39, 0.29) is 17.8 Å². The van der Waals surface area contributed by atoms with Gasteiger partial charge in [-0.25, -0.2) is 14.6 Å². The molecule has 5 rings (SSSR count). The van der Waals surface area contributed by atoms with Crippen LogP contribution in [0.3, 0.4) is 0 Å². The number of hydrogen-bond donors (Lipinski definition) is 3. The van der Waals surface area contributed by atoms with Crippen molar-refractivity contribution in [1.29, 1.82) is 0 Å². The number of nitrogens with one attached hydrogen (secondary N) is 1. The van der Waals surface area contributed by atoms with Crippen molar-refractivity contribution in [1.82, 2.24) is 25.0 Å². The third-order valence-electron chi connectivity index (χ3n) is 9.02. The summed E-state index contributed by atoms with van der Waals surface area (Å²) in [6.07, 6.45) is 4.35. The van der Waals surface area contributed by atoms with Crippen LogP contribution in [0, 0.1) is 5.92 Å². The Morgan fingerprint density at radius 2 is 1.74 bits per heavy atom. The molecule has 3 fully saturated rings. The van der Waals surface area contributed by atoms with Crippen molar-refractivity contribution in [3.8, 4) is 0 Å². The molecule has 2 atom stereocenters. The number of halogens is 3. The lowest BCUT2D eigenvalue weighted by molar-refractivity contribution is -0.192. The number of amides is 4. The lowest BCUT2D eigenvalue weighted by atomic mass is 9.84. The first kappa shape index (κ1) is 35.7. The molecule has 15 heteroatoms. The van der Waals surface area contributed by atoms with Crippen molar-refractivity contribution < 1.29 is 42.2 Å². The number of nitrogen functional groups attached to an aromatic ring is 1. The maximum atomic E-state index is 14.1. The molecule has 2 aromatic rings. The average molecular weight is 665 g/mol. The smallest absolute Gasteiger partial charge is 0.475 e. The molecule has 0 spiro atoms. The summed E-state index contributed by atoms with van der Waals surface area (Å²) >= 11 is 0. The van der Waals surface area contributed by atoms with Crippen LogP contribution in [0.15, 0.2) is 30.5 Å². The fourth-order valence-electron chi connectivity index (χ4n) is 6.44. The van der Waals surface area contributed by atoms with E-state index in [0.29, 0.717) is 64.0 Å². The first-order valence-electron chi connectivity index (χ1n) is 16.0. The Morgan fingerprint density at radius 1 is 1.06 bits per heavy atom. The minimum Gasteiger partial charge on any atom is -0.475 e. The highest BCUT2D eigenvalue weighted by Crippen LogP contribution is 2.31. The van der Waals surface area contributed by atoms with Gasteiger partial charge >= 0.3 is 18.2 Å². The number of morpholine rings is 1. The van der Waals surface area contributed by atoms with E-state index >= 15 is 0 Å². The van der Waals surface area contributed by atoms with Gasteiger partial charge in [0, 0.05) is 44.8 Å². The largest absolute Gasteiger partial charge is 0.490 e. The van der Waals surface area contributed by atoms with Gasteiger partial charge < -0.3 is 35.6 Å². The number of fused-ring (bicyclic) bond motifs is 1. The molecule has 2 aliphatic heterocycles. The van der Waals surface area contributed by atoms with Gasteiger partial charge in [-0.3, -0.25) is 9.59 Å². The van der Waals surface area contributed by atoms with Crippen LogP contribution in [0.1, 0.15) is 56.9 Å². The Balaban J connectivity index is 0.000000644. The molecule has 258 valence electrons. The summed E-state index contributed by atoms with van der Waals surface area (Å²) in [7, 11) is 1.75. The number of ether oxygens (including phenoxy) is 1. The number of nitrogens with two attached hydrogens (primary N) is 1. The average Bonchev–Trinajstić information content (AvgIpc) is 3.56. The van der Waals surface area contributed by atoms with Crippen molar-refractivity contribution in [2.75, 3.05) is 45.6 Å². The summed E-state index contributed by atoms with van der Waals surface area (Å²) in [5.74, 6) is -2.13. The van der Waals surface area contributed by atoms with Gasteiger partial charge in [0.15, 0.2) is 0 Å². The van der Waals surface area contributed by atoms with E-state index in [9.17, 15) is 27.6 Å². The number of carboxylic acid groups (broad SMARTS) is 1. The summed E-state index contributed by atoms with van der Waals surface area (Å²) in [4.78, 5) is 59.1. The Hall–Kier alpha value is -4.14. The Bertz CT molecular complexity index is 1410. The molecule has 3 aliphatic rings. The standard InChI is InChI=1S/C30H42N6O4.C2HF3O2/c1-34(30(39)35-14-16-40-17-15-35)26(19-21-6-3-2-4-7-21)29(38)36-13-5-8-25(36)28(37)33-20-22-9-10-24-23(18-22)11-12-32-27(24)31;3-2(4,5)1(6)7/h9-12,18,21,25-26H,2-8,13-17,19-20H2,1H3,(H2,31,32)(H,33,37);(H,6,7). The van der Waals surface area contributed by atoms with E-state index in [1.54, 1.807) is 27.9 Å². The second-order valence-electron chi connectivity index (χ2n) is 12.2. The zero-order chi connectivity index (χ0) is 34.1. The topological polar surface area (TPSA) is 158 Å². The van der Waals surface area contributed by atoms with Crippen LogP contribution in [-0.2, 0) is 25.7 Å². The number of rotatable bonds is 7. The summed E-state index contributed by atoms with van der Waals surface area (Å²) in [5, 5.41) is 12.0. The van der Waals surface area contributed by atoms with Gasteiger partial charge in [-0.2, -0.15) is 13.2 Å². The fourth-order valence-corrected chi connectivity index (χ4v) is 6.44. The molecule has 1 saturated carbocycles. The maximum Gasteiger partial charge on any atom is 0.490 e. The lowest BCUT2D eigenvalue weighted by Crippen LogP contribution is -2.57. The minimum absolute atomic E-state index is 0.110. The predicted molar refractivity (Wildman–Crippen MR) is 167 cm³/mol. The molecule has 1 aromatic heterocycles. The first-order valence-corrected chi connectivity index (χ1v) is 16.0. The molecule has 0 radical (unpaired) electrons. The molecule has 3 heterocycles. The molecule has 2 unspecified atom stereocenters. The van der Waals surface area contributed by atoms with Crippen LogP contribution in [0.4, 0.5) is 23.8 Å².